The van der Waals surface area contributed by atoms with Crippen molar-refractivity contribution in [1.82, 2.24) is 5.32 Å². The minimum Gasteiger partial charge on any atom is -0.380 e. The highest BCUT2D eigenvalue weighted by Gasteiger charge is 2.09. The lowest BCUT2D eigenvalue weighted by atomic mass is 9.93. The van der Waals surface area contributed by atoms with Crippen molar-refractivity contribution in [1.29, 1.82) is 0 Å². The van der Waals surface area contributed by atoms with E-state index in [0.29, 0.717) is 30.9 Å². The Morgan fingerprint density at radius 3 is 2.41 bits per heavy atom. The van der Waals surface area contributed by atoms with Gasteiger partial charge >= 0.3 is 0 Å². The second-order valence-corrected chi connectivity index (χ2v) is 6.21. The van der Waals surface area contributed by atoms with Crippen LogP contribution >= 0.6 is 0 Å². The number of carbonyl (C=O) groups is 1. The Morgan fingerprint density at radius 2 is 1.88 bits per heavy atom. The van der Waals surface area contributed by atoms with Gasteiger partial charge in [-0.15, -0.1) is 0 Å². The molecule has 102 valence electrons. The van der Waals surface area contributed by atoms with Crippen molar-refractivity contribution in [2.45, 2.75) is 53.9 Å². The number of hydrogen-bond acceptors (Lipinski definition) is 2. The molecule has 0 bridgehead atoms. The minimum absolute atomic E-state index is 0.137. The van der Waals surface area contributed by atoms with E-state index in [4.69, 9.17) is 4.74 Å². The molecule has 0 aromatic rings. The summed E-state index contributed by atoms with van der Waals surface area (Å²) < 4.78 is 5.47. The van der Waals surface area contributed by atoms with E-state index in [-0.39, 0.29) is 5.91 Å². The Labute approximate surface area is 106 Å². The number of amides is 1. The molecule has 1 N–H and O–H groups in total. The quantitative estimate of drug-likeness (QED) is 0.666. The number of hydrogen-bond donors (Lipinski definition) is 1. The smallest absolute Gasteiger partial charge is 0.220 e. The fraction of sp³-hybridized carbons (Fsp3) is 0.929. The zero-order valence-electron chi connectivity index (χ0n) is 12.1. The van der Waals surface area contributed by atoms with Crippen LogP contribution < -0.4 is 5.32 Å². The average Bonchev–Trinajstić information content (AvgIpc) is 2.18. The number of nitrogens with one attached hydrogen (secondary N) is 1. The van der Waals surface area contributed by atoms with E-state index in [1.807, 2.05) is 0 Å². The topological polar surface area (TPSA) is 38.3 Å². The Bertz CT molecular complexity index is 207. The van der Waals surface area contributed by atoms with Gasteiger partial charge in [-0.2, -0.15) is 0 Å². The lowest BCUT2D eigenvalue weighted by molar-refractivity contribution is -0.121. The van der Waals surface area contributed by atoms with Crippen molar-refractivity contribution in [2.24, 2.45) is 11.3 Å². The van der Waals surface area contributed by atoms with Gasteiger partial charge in [0.15, 0.2) is 0 Å². The van der Waals surface area contributed by atoms with Gasteiger partial charge in [-0.05, 0) is 24.2 Å². The molecule has 0 aromatic heterocycles. The predicted octanol–water partition coefficient (Wildman–Crippen LogP) is 2.99. The molecular weight excluding hydrogens is 214 g/mol. The molecule has 17 heavy (non-hydrogen) atoms. The Balaban J connectivity index is 3.31. The summed E-state index contributed by atoms with van der Waals surface area (Å²) >= 11 is 0. The third-order valence-electron chi connectivity index (χ3n) is 2.51. The fourth-order valence-electron chi connectivity index (χ4n) is 1.25. The monoisotopic (exact) mass is 243 g/mol. The first-order chi connectivity index (χ1) is 7.81. The molecule has 0 saturated heterocycles. The summed E-state index contributed by atoms with van der Waals surface area (Å²) in [5.41, 5.74) is 0.320. The molecule has 1 amide bonds. The second-order valence-electron chi connectivity index (χ2n) is 6.21. The van der Waals surface area contributed by atoms with Crippen LogP contribution in [0.25, 0.3) is 0 Å². The highest BCUT2D eigenvalue weighted by Crippen LogP contribution is 2.17. The maximum Gasteiger partial charge on any atom is 0.220 e. The van der Waals surface area contributed by atoms with Crippen LogP contribution in [0.15, 0.2) is 0 Å². The van der Waals surface area contributed by atoms with Crippen LogP contribution in [-0.4, -0.2) is 25.7 Å². The molecule has 0 rings (SSSR count). The molecule has 0 heterocycles. The minimum atomic E-state index is 0.137. The molecule has 0 saturated carbocycles. The van der Waals surface area contributed by atoms with E-state index in [1.165, 1.54) is 0 Å². The van der Waals surface area contributed by atoms with E-state index < -0.39 is 0 Å². The van der Waals surface area contributed by atoms with Gasteiger partial charge in [0.1, 0.15) is 0 Å². The molecule has 0 aliphatic carbocycles. The van der Waals surface area contributed by atoms with Crippen LogP contribution in [0.3, 0.4) is 0 Å². The van der Waals surface area contributed by atoms with Crippen LogP contribution in [0.5, 0.6) is 0 Å². The Morgan fingerprint density at radius 1 is 1.24 bits per heavy atom. The van der Waals surface area contributed by atoms with Crippen LogP contribution in [0.4, 0.5) is 0 Å². The predicted molar refractivity (Wildman–Crippen MR) is 72.0 cm³/mol. The maximum absolute atomic E-state index is 11.4. The van der Waals surface area contributed by atoms with Crippen molar-refractivity contribution < 1.29 is 9.53 Å². The van der Waals surface area contributed by atoms with E-state index in [1.54, 1.807) is 0 Å². The first-order valence-corrected chi connectivity index (χ1v) is 6.66. The molecule has 3 heteroatoms. The summed E-state index contributed by atoms with van der Waals surface area (Å²) in [6.45, 7) is 12.9. The van der Waals surface area contributed by atoms with Crippen molar-refractivity contribution >= 4 is 5.91 Å². The van der Waals surface area contributed by atoms with Gasteiger partial charge in [0.25, 0.3) is 0 Å². The highest BCUT2D eigenvalue weighted by atomic mass is 16.5. The third-order valence-corrected chi connectivity index (χ3v) is 2.51. The van der Waals surface area contributed by atoms with Crippen LogP contribution in [0.1, 0.15) is 53.9 Å². The van der Waals surface area contributed by atoms with Gasteiger partial charge in [-0.1, -0.05) is 34.6 Å². The van der Waals surface area contributed by atoms with Crippen LogP contribution in [0.2, 0.25) is 0 Å². The Kier molecular flexibility index (Phi) is 8.23. The van der Waals surface area contributed by atoms with Crippen LogP contribution in [-0.2, 0) is 9.53 Å². The van der Waals surface area contributed by atoms with Gasteiger partial charge in [0, 0.05) is 19.6 Å². The highest BCUT2D eigenvalue weighted by molar-refractivity contribution is 5.75. The summed E-state index contributed by atoms with van der Waals surface area (Å²) in [5, 5.41) is 2.87. The molecule has 0 unspecified atom stereocenters. The summed E-state index contributed by atoms with van der Waals surface area (Å²) in [7, 11) is 0. The van der Waals surface area contributed by atoms with Crippen LogP contribution in [0, 0.1) is 11.3 Å². The lowest BCUT2D eigenvalue weighted by Crippen LogP contribution is -2.27. The van der Waals surface area contributed by atoms with Crippen molar-refractivity contribution in [3.8, 4) is 0 Å². The normalized spacial score (nSPS) is 11.9. The van der Waals surface area contributed by atoms with E-state index in [0.717, 1.165) is 19.4 Å². The zero-order valence-corrected chi connectivity index (χ0v) is 12.1. The first-order valence-electron chi connectivity index (χ1n) is 6.66. The summed E-state index contributed by atoms with van der Waals surface area (Å²) in [6.07, 6.45) is 2.63. The second kappa shape index (κ2) is 8.51. The molecule has 0 spiro atoms. The van der Waals surface area contributed by atoms with Gasteiger partial charge in [0.2, 0.25) is 5.91 Å². The maximum atomic E-state index is 11.4. The lowest BCUT2D eigenvalue weighted by Gasteiger charge is -2.17. The largest absolute Gasteiger partial charge is 0.380 e. The van der Waals surface area contributed by atoms with E-state index in [9.17, 15) is 4.79 Å². The summed E-state index contributed by atoms with van der Waals surface area (Å²) in [4.78, 5) is 11.4. The molecule has 0 radical (unpaired) electrons. The Hall–Kier alpha value is -0.570. The number of carbonyl (C=O) groups excluding carboxylic acids is 1. The van der Waals surface area contributed by atoms with Gasteiger partial charge in [0.05, 0.1) is 6.61 Å². The zero-order chi connectivity index (χ0) is 13.3. The van der Waals surface area contributed by atoms with E-state index >= 15 is 0 Å². The first kappa shape index (κ1) is 16.4. The summed E-state index contributed by atoms with van der Waals surface area (Å²) in [6, 6.07) is 0. The van der Waals surface area contributed by atoms with Gasteiger partial charge < -0.3 is 10.1 Å². The van der Waals surface area contributed by atoms with Gasteiger partial charge in [-0.3, -0.25) is 4.79 Å². The molecule has 0 aliphatic heterocycles. The number of ether oxygens (including phenoxy) is 1. The van der Waals surface area contributed by atoms with E-state index in [2.05, 4.69) is 39.9 Å². The number of rotatable bonds is 8. The SMILES string of the molecule is CC(C)CCC(=O)NCCOCCC(C)(C)C. The molecule has 0 aliphatic rings. The summed E-state index contributed by atoms with van der Waals surface area (Å²) in [5.74, 6) is 0.724. The van der Waals surface area contributed by atoms with Crippen molar-refractivity contribution in [2.75, 3.05) is 19.8 Å². The fourth-order valence-corrected chi connectivity index (χ4v) is 1.25. The average molecular weight is 243 g/mol. The molecule has 0 aromatic carbocycles. The van der Waals surface area contributed by atoms with Gasteiger partial charge in [-0.25, -0.2) is 0 Å². The van der Waals surface area contributed by atoms with Crippen molar-refractivity contribution in [3.63, 3.8) is 0 Å². The molecule has 0 atom stereocenters. The standard InChI is InChI=1S/C14H29NO2/c1-12(2)6-7-13(16)15-9-11-17-10-8-14(3,4)5/h12H,6-11H2,1-5H3,(H,15,16). The van der Waals surface area contributed by atoms with Crippen molar-refractivity contribution in [3.05, 3.63) is 0 Å². The third kappa shape index (κ3) is 13.4. The molecular formula is C14H29NO2. The molecule has 3 nitrogen and oxygen atoms in total. The molecule has 0 fully saturated rings.